The van der Waals surface area contributed by atoms with Crippen LogP contribution >= 0.6 is 0 Å². The second-order valence-corrected chi connectivity index (χ2v) is 9.15. The van der Waals surface area contributed by atoms with Crippen molar-refractivity contribution in [3.63, 3.8) is 0 Å². The summed E-state index contributed by atoms with van der Waals surface area (Å²) in [5.74, 6) is 1.79. The Morgan fingerprint density at radius 2 is 2.07 bits per heavy atom. The SMILES string of the molecule is COc1ccc([C@@]2(O)CC[C@@H]3CN(C(=O)c4n[nH]c5c4C[C@H](C)CC5)C[C@@H]32)cc1. The lowest BCUT2D eigenvalue weighted by Gasteiger charge is -2.31. The Balaban J connectivity index is 1.37. The minimum Gasteiger partial charge on any atom is -0.497 e. The number of likely N-dealkylation sites (tertiary alicyclic amines) is 1. The highest BCUT2D eigenvalue weighted by Gasteiger charge is 2.53. The van der Waals surface area contributed by atoms with Crippen LogP contribution in [0.1, 0.15) is 53.5 Å². The Kier molecular flexibility index (Phi) is 4.42. The maximum atomic E-state index is 13.3. The van der Waals surface area contributed by atoms with Crippen LogP contribution in [0.15, 0.2) is 24.3 Å². The van der Waals surface area contributed by atoms with E-state index in [2.05, 4.69) is 17.1 Å². The minimum absolute atomic E-state index is 0.0167. The lowest BCUT2D eigenvalue weighted by Crippen LogP contribution is -2.37. The monoisotopic (exact) mass is 395 g/mol. The van der Waals surface area contributed by atoms with E-state index in [1.807, 2.05) is 29.2 Å². The summed E-state index contributed by atoms with van der Waals surface area (Å²) < 4.78 is 5.25. The predicted molar refractivity (Wildman–Crippen MR) is 109 cm³/mol. The fraction of sp³-hybridized carbons (Fsp3) is 0.565. The van der Waals surface area contributed by atoms with Gasteiger partial charge in [-0.3, -0.25) is 9.89 Å². The largest absolute Gasteiger partial charge is 0.497 e. The number of nitrogens with one attached hydrogen (secondary N) is 1. The molecule has 2 N–H and O–H groups in total. The van der Waals surface area contributed by atoms with E-state index in [0.717, 1.165) is 54.7 Å². The first-order chi connectivity index (χ1) is 14.0. The van der Waals surface area contributed by atoms with E-state index in [1.165, 1.54) is 0 Å². The van der Waals surface area contributed by atoms with E-state index in [1.54, 1.807) is 7.11 Å². The normalized spacial score (nSPS) is 30.9. The van der Waals surface area contributed by atoms with Crippen molar-refractivity contribution in [1.82, 2.24) is 15.1 Å². The number of fused-ring (bicyclic) bond motifs is 2. The van der Waals surface area contributed by atoms with E-state index in [9.17, 15) is 9.90 Å². The Labute approximate surface area is 171 Å². The van der Waals surface area contributed by atoms with Gasteiger partial charge in [0, 0.05) is 30.3 Å². The molecule has 1 aromatic carbocycles. The number of aliphatic hydroxyl groups is 1. The quantitative estimate of drug-likeness (QED) is 0.838. The molecule has 6 heteroatoms. The lowest BCUT2D eigenvalue weighted by atomic mass is 9.82. The molecule has 2 aliphatic carbocycles. The molecule has 1 amide bonds. The molecule has 0 spiro atoms. The molecule has 2 fully saturated rings. The average molecular weight is 396 g/mol. The fourth-order valence-electron chi connectivity index (χ4n) is 5.70. The van der Waals surface area contributed by atoms with Crippen molar-refractivity contribution >= 4 is 5.91 Å². The van der Waals surface area contributed by atoms with E-state index in [0.29, 0.717) is 30.6 Å². The summed E-state index contributed by atoms with van der Waals surface area (Å²) in [7, 11) is 1.64. The van der Waals surface area contributed by atoms with Crippen molar-refractivity contribution in [1.29, 1.82) is 0 Å². The van der Waals surface area contributed by atoms with Crippen LogP contribution in [0.3, 0.4) is 0 Å². The first-order valence-corrected chi connectivity index (χ1v) is 10.7. The van der Waals surface area contributed by atoms with Gasteiger partial charge in [-0.25, -0.2) is 0 Å². The van der Waals surface area contributed by atoms with Gasteiger partial charge in [0.1, 0.15) is 5.75 Å². The third-order valence-corrected chi connectivity index (χ3v) is 7.42. The molecule has 2 aromatic rings. The number of carbonyl (C=O) groups is 1. The molecule has 3 aliphatic rings. The maximum absolute atomic E-state index is 13.3. The van der Waals surface area contributed by atoms with Gasteiger partial charge >= 0.3 is 0 Å². The second-order valence-electron chi connectivity index (χ2n) is 9.15. The Bertz CT molecular complexity index is 922. The highest BCUT2D eigenvalue weighted by Crippen LogP contribution is 2.50. The molecular weight excluding hydrogens is 366 g/mol. The average Bonchev–Trinajstić information content (AvgIpc) is 3.43. The summed E-state index contributed by atoms with van der Waals surface area (Å²) >= 11 is 0. The number of hydrogen-bond acceptors (Lipinski definition) is 4. The fourth-order valence-corrected chi connectivity index (χ4v) is 5.70. The Morgan fingerprint density at radius 3 is 2.83 bits per heavy atom. The van der Waals surface area contributed by atoms with E-state index >= 15 is 0 Å². The number of benzene rings is 1. The van der Waals surface area contributed by atoms with Gasteiger partial charge in [-0.1, -0.05) is 19.1 Å². The number of rotatable bonds is 3. The highest BCUT2D eigenvalue weighted by molar-refractivity contribution is 5.94. The molecule has 1 aromatic heterocycles. The number of aryl methyl sites for hydroxylation is 1. The third kappa shape index (κ3) is 2.96. The first-order valence-electron chi connectivity index (χ1n) is 10.7. The number of nitrogens with zero attached hydrogens (tertiary/aromatic N) is 2. The molecule has 0 bridgehead atoms. The van der Waals surface area contributed by atoms with Crippen molar-refractivity contribution in [3.05, 3.63) is 46.8 Å². The number of amides is 1. The number of hydrogen-bond donors (Lipinski definition) is 2. The molecule has 5 rings (SSSR count). The van der Waals surface area contributed by atoms with E-state index in [4.69, 9.17) is 4.74 Å². The first kappa shape index (κ1) is 18.7. The molecule has 154 valence electrons. The predicted octanol–water partition coefficient (Wildman–Crippen LogP) is 2.91. The standard InChI is InChI=1S/C23H29N3O3/c1-14-3-8-20-18(11-14)21(25-24-20)22(27)26-12-15-9-10-23(28,19(15)13-26)16-4-6-17(29-2)7-5-16/h4-7,14-15,19,28H,3,8-13H2,1-2H3,(H,24,25)/t14-,15-,19+,23+/m1/s1. The summed E-state index contributed by atoms with van der Waals surface area (Å²) in [6.07, 6.45) is 4.72. The number of methoxy groups -OCH3 is 1. The lowest BCUT2D eigenvalue weighted by molar-refractivity contribution is -0.00594. The van der Waals surface area contributed by atoms with Crippen LogP contribution in [0, 0.1) is 17.8 Å². The maximum Gasteiger partial charge on any atom is 0.274 e. The van der Waals surface area contributed by atoms with Crippen LogP contribution in [0.2, 0.25) is 0 Å². The van der Waals surface area contributed by atoms with Gasteiger partial charge in [-0.15, -0.1) is 0 Å². The molecule has 6 nitrogen and oxygen atoms in total. The van der Waals surface area contributed by atoms with E-state index < -0.39 is 5.60 Å². The third-order valence-electron chi connectivity index (χ3n) is 7.42. The summed E-state index contributed by atoms with van der Waals surface area (Å²) in [6, 6.07) is 7.71. The highest BCUT2D eigenvalue weighted by atomic mass is 16.5. The minimum atomic E-state index is -0.883. The summed E-state index contributed by atoms with van der Waals surface area (Å²) in [5, 5.41) is 19.0. The molecule has 1 saturated heterocycles. The van der Waals surface area contributed by atoms with Crippen LogP contribution in [-0.4, -0.2) is 46.3 Å². The zero-order chi connectivity index (χ0) is 20.2. The van der Waals surface area contributed by atoms with Crippen LogP contribution in [-0.2, 0) is 18.4 Å². The molecule has 1 saturated carbocycles. The van der Waals surface area contributed by atoms with Gasteiger partial charge in [0.05, 0.1) is 12.7 Å². The van der Waals surface area contributed by atoms with Crippen LogP contribution in [0.5, 0.6) is 5.75 Å². The zero-order valence-corrected chi connectivity index (χ0v) is 17.1. The Hall–Kier alpha value is -2.34. The summed E-state index contributed by atoms with van der Waals surface area (Å²) in [5.41, 5.74) is 2.87. The molecule has 29 heavy (non-hydrogen) atoms. The smallest absolute Gasteiger partial charge is 0.274 e. The van der Waals surface area contributed by atoms with Gasteiger partial charge < -0.3 is 14.7 Å². The van der Waals surface area contributed by atoms with Crippen LogP contribution in [0.25, 0.3) is 0 Å². The zero-order valence-electron chi connectivity index (χ0n) is 17.1. The van der Waals surface area contributed by atoms with Crippen LogP contribution in [0.4, 0.5) is 0 Å². The number of aromatic nitrogens is 2. The van der Waals surface area contributed by atoms with Crippen molar-refractivity contribution in [2.24, 2.45) is 17.8 Å². The molecule has 1 aliphatic heterocycles. The Morgan fingerprint density at radius 1 is 1.28 bits per heavy atom. The van der Waals surface area contributed by atoms with Crippen molar-refractivity contribution < 1.29 is 14.6 Å². The molecule has 0 radical (unpaired) electrons. The van der Waals surface area contributed by atoms with Crippen molar-refractivity contribution in [2.75, 3.05) is 20.2 Å². The second kappa shape index (κ2) is 6.87. The molecule has 0 unspecified atom stereocenters. The summed E-state index contributed by atoms with van der Waals surface area (Å²) in [6.45, 7) is 3.53. The topological polar surface area (TPSA) is 78.5 Å². The van der Waals surface area contributed by atoms with E-state index in [-0.39, 0.29) is 11.8 Å². The van der Waals surface area contributed by atoms with Crippen LogP contribution < -0.4 is 4.74 Å². The number of H-pyrrole nitrogens is 1. The van der Waals surface area contributed by atoms with Gasteiger partial charge in [0.15, 0.2) is 5.69 Å². The molecular formula is C23H29N3O3. The summed E-state index contributed by atoms with van der Waals surface area (Å²) in [4.78, 5) is 15.2. The molecule has 2 heterocycles. The van der Waals surface area contributed by atoms with Gasteiger partial charge in [0.25, 0.3) is 5.91 Å². The van der Waals surface area contributed by atoms with Crippen molar-refractivity contribution in [2.45, 2.75) is 44.6 Å². The van der Waals surface area contributed by atoms with Gasteiger partial charge in [0.2, 0.25) is 0 Å². The number of aromatic amines is 1. The van der Waals surface area contributed by atoms with Gasteiger partial charge in [-0.2, -0.15) is 5.10 Å². The number of ether oxygens (including phenoxy) is 1. The number of carbonyl (C=O) groups excluding carboxylic acids is 1. The van der Waals surface area contributed by atoms with Gasteiger partial charge in [-0.05, 0) is 61.6 Å². The molecule has 4 atom stereocenters. The van der Waals surface area contributed by atoms with Crippen molar-refractivity contribution in [3.8, 4) is 5.75 Å².